The minimum absolute atomic E-state index is 0.226. The lowest BCUT2D eigenvalue weighted by Gasteiger charge is -2.22. The van der Waals surface area contributed by atoms with Crippen LogP contribution in [0.15, 0.2) is 17.2 Å². The van der Waals surface area contributed by atoms with Crippen molar-refractivity contribution < 1.29 is 19.1 Å². The van der Waals surface area contributed by atoms with Crippen molar-refractivity contribution in [3.8, 4) is 5.75 Å². The fraction of sp³-hybridized carbons (Fsp3) is 0.462. The number of thioether (sulfide) groups is 1. The summed E-state index contributed by atoms with van der Waals surface area (Å²) in [5, 5.41) is 0. The smallest absolute Gasteiger partial charge is 0.357 e. The number of nitrogens with zero attached hydrogens (tertiary/aromatic N) is 1. The molecule has 1 aromatic heterocycles. The molecule has 0 atom stereocenters. The number of pyridine rings is 1. The minimum Gasteiger partial charge on any atom is -0.476 e. The van der Waals surface area contributed by atoms with Gasteiger partial charge in [-0.15, -0.1) is 11.8 Å². The number of hydrogen-bond acceptors (Lipinski definition) is 6. The highest BCUT2D eigenvalue weighted by molar-refractivity contribution is 7.99. The van der Waals surface area contributed by atoms with Crippen LogP contribution in [-0.2, 0) is 9.53 Å². The van der Waals surface area contributed by atoms with Crippen molar-refractivity contribution >= 4 is 23.6 Å². The molecule has 0 aliphatic rings. The van der Waals surface area contributed by atoms with Crippen molar-refractivity contribution in [2.45, 2.75) is 31.3 Å². The van der Waals surface area contributed by atoms with Gasteiger partial charge in [-0.1, -0.05) is 6.92 Å². The molecule has 0 spiro atoms. The molecule has 110 valence electrons. The van der Waals surface area contributed by atoms with Gasteiger partial charge >= 0.3 is 5.97 Å². The van der Waals surface area contributed by atoms with Crippen molar-refractivity contribution in [1.29, 1.82) is 0 Å². The quantitative estimate of drug-likeness (QED) is 0.634. The van der Waals surface area contributed by atoms with Crippen LogP contribution in [0.25, 0.3) is 0 Å². The molecular formula is C13H18N2O4S. The number of amides is 1. The molecule has 1 aromatic rings. The molecule has 0 aromatic carbocycles. The number of primary amides is 1. The molecule has 6 nitrogen and oxygen atoms in total. The fourth-order valence-corrected chi connectivity index (χ4v) is 2.13. The number of methoxy groups -OCH3 is 1. The lowest BCUT2D eigenvalue weighted by Crippen LogP contribution is -2.43. The van der Waals surface area contributed by atoms with E-state index in [-0.39, 0.29) is 5.69 Å². The van der Waals surface area contributed by atoms with Gasteiger partial charge in [-0.25, -0.2) is 9.78 Å². The summed E-state index contributed by atoms with van der Waals surface area (Å²) in [4.78, 5) is 27.5. The summed E-state index contributed by atoms with van der Waals surface area (Å²) in [5.41, 5.74) is 4.33. The monoisotopic (exact) mass is 298 g/mol. The van der Waals surface area contributed by atoms with Crippen molar-refractivity contribution in [3.63, 3.8) is 0 Å². The molecule has 1 amide bonds. The average molecular weight is 298 g/mol. The summed E-state index contributed by atoms with van der Waals surface area (Å²) in [5.74, 6) is 0.0345. The van der Waals surface area contributed by atoms with Gasteiger partial charge in [0.15, 0.2) is 11.3 Å². The molecule has 20 heavy (non-hydrogen) atoms. The Bertz CT molecular complexity index is 517. The van der Waals surface area contributed by atoms with E-state index in [1.807, 2.05) is 6.92 Å². The highest BCUT2D eigenvalue weighted by Crippen LogP contribution is 2.27. The van der Waals surface area contributed by atoms with Gasteiger partial charge in [0, 0.05) is 4.90 Å². The maximum Gasteiger partial charge on any atom is 0.357 e. The van der Waals surface area contributed by atoms with Crippen LogP contribution in [0.4, 0.5) is 0 Å². The van der Waals surface area contributed by atoms with Crippen LogP contribution in [0, 0.1) is 0 Å². The van der Waals surface area contributed by atoms with E-state index < -0.39 is 17.5 Å². The van der Waals surface area contributed by atoms with Crippen LogP contribution in [0.2, 0.25) is 0 Å². The molecule has 0 radical (unpaired) electrons. The van der Waals surface area contributed by atoms with E-state index in [0.29, 0.717) is 10.6 Å². The lowest BCUT2D eigenvalue weighted by atomic mass is 10.1. The lowest BCUT2D eigenvalue weighted by molar-refractivity contribution is -0.130. The van der Waals surface area contributed by atoms with Gasteiger partial charge in [0.2, 0.25) is 0 Å². The maximum absolute atomic E-state index is 11.6. The van der Waals surface area contributed by atoms with Crippen LogP contribution < -0.4 is 10.5 Å². The predicted octanol–water partition coefficient (Wildman–Crippen LogP) is 1.62. The second-order valence-electron chi connectivity index (χ2n) is 4.42. The summed E-state index contributed by atoms with van der Waals surface area (Å²) in [6.45, 7) is 5.08. The highest BCUT2D eigenvalue weighted by atomic mass is 32.2. The van der Waals surface area contributed by atoms with Crippen LogP contribution in [-0.4, -0.2) is 35.3 Å². The normalized spacial score (nSPS) is 11.0. The Balaban J connectivity index is 3.10. The number of aromatic nitrogens is 1. The molecule has 7 heteroatoms. The number of hydrogen-bond donors (Lipinski definition) is 1. The van der Waals surface area contributed by atoms with E-state index in [0.717, 1.165) is 5.75 Å². The van der Waals surface area contributed by atoms with Gasteiger partial charge in [0.05, 0.1) is 13.3 Å². The van der Waals surface area contributed by atoms with E-state index in [2.05, 4.69) is 9.72 Å². The van der Waals surface area contributed by atoms with Crippen LogP contribution in [0.5, 0.6) is 5.75 Å². The van der Waals surface area contributed by atoms with E-state index in [9.17, 15) is 9.59 Å². The number of carbonyl (C=O) groups excluding carboxylic acids is 2. The number of carbonyl (C=O) groups is 2. The number of ether oxygens (including phenoxy) is 2. The summed E-state index contributed by atoms with van der Waals surface area (Å²) in [7, 11) is 1.30. The zero-order valence-corrected chi connectivity index (χ0v) is 12.7. The van der Waals surface area contributed by atoms with Crippen molar-refractivity contribution in [2.75, 3.05) is 12.9 Å². The van der Waals surface area contributed by atoms with E-state index in [1.54, 1.807) is 19.9 Å². The molecule has 2 N–H and O–H groups in total. The summed E-state index contributed by atoms with van der Waals surface area (Å²) in [6, 6.07) is 1.65. The molecule has 0 unspecified atom stereocenters. The van der Waals surface area contributed by atoms with Gasteiger partial charge in [0.1, 0.15) is 5.75 Å². The van der Waals surface area contributed by atoms with E-state index >= 15 is 0 Å². The zero-order chi connectivity index (χ0) is 15.3. The van der Waals surface area contributed by atoms with Crippen LogP contribution in [0.3, 0.4) is 0 Å². The first-order chi connectivity index (χ1) is 9.31. The second kappa shape index (κ2) is 6.60. The maximum atomic E-state index is 11.6. The third kappa shape index (κ3) is 3.86. The first kappa shape index (κ1) is 16.3. The SMILES string of the molecule is CCSc1cc(OC(C)(C)C(N)=O)cnc1C(=O)OC. The molecular weight excluding hydrogens is 280 g/mol. The topological polar surface area (TPSA) is 91.5 Å². The Morgan fingerprint density at radius 2 is 2.10 bits per heavy atom. The van der Waals surface area contributed by atoms with E-state index in [4.69, 9.17) is 10.5 Å². The number of esters is 1. The minimum atomic E-state index is -1.15. The highest BCUT2D eigenvalue weighted by Gasteiger charge is 2.28. The van der Waals surface area contributed by atoms with E-state index in [1.165, 1.54) is 25.1 Å². The summed E-state index contributed by atoms with van der Waals surface area (Å²) >= 11 is 1.43. The largest absolute Gasteiger partial charge is 0.476 e. The van der Waals surface area contributed by atoms with Crippen molar-refractivity contribution in [2.24, 2.45) is 5.73 Å². The summed E-state index contributed by atoms with van der Waals surface area (Å²) < 4.78 is 10.2. The fourth-order valence-electron chi connectivity index (χ4n) is 1.34. The Morgan fingerprint density at radius 3 is 2.60 bits per heavy atom. The van der Waals surface area contributed by atoms with Crippen LogP contribution >= 0.6 is 11.8 Å². The Morgan fingerprint density at radius 1 is 1.45 bits per heavy atom. The molecule has 1 heterocycles. The van der Waals surface area contributed by atoms with Gasteiger partial charge in [-0.3, -0.25) is 4.79 Å². The van der Waals surface area contributed by atoms with Crippen molar-refractivity contribution in [3.05, 3.63) is 18.0 Å². The van der Waals surface area contributed by atoms with Crippen molar-refractivity contribution in [1.82, 2.24) is 4.98 Å². The molecule has 0 bridgehead atoms. The number of nitrogens with two attached hydrogens (primary N) is 1. The molecule has 0 aliphatic heterocycles. The predicted molar refractivity (Wildman–Crippen MR) is 75.9 cm³/mol. The molecule has 0 saturated carbocycles. The third-order valence-electron chi connectivity index (χ3n) is 2.47. The molecule has 0 aliphatic carbocycles. The zero-order valence-electron chi connectivity index (χ0n) is 11.9. The Hall–Kier alpha value is -1.76. The first-order valence-electron chi connectivity index (χ1n) is 6.02. The average Bonchev–Trinajstić information content (AvgIpc) is 2.38. The van der Waals surface area contributed by atoms with Gasteiger partial charge in [-0.05, 0) is 25.7 Å². The van der Waals surface area contributed by atoms with Gasteiger partial charge in [0.25, 0.3) is 5.91 Å². The van der Waals surface area contributed by atoms with Gasteiger partial charge in [-0.2, -0.15) is 0 Å². The molecule has 0 fully saturated rings. The molecule has 0 saturated heterocycles. The van der Waals surface area contributed by atoms with Crippen LogP contribution in [0.1, 0.15) is 31.3 Å². The second-order valence-corrected chi connectivity index (χ2v) is 5.72. The number of rotatable bonds is 6. The Labute approximate surface area is 122 Å². The first-order valence-corrected chi connectivity index (χ1v) is 7.00. The summed E-state index contributed by atoms with van der Waals surface area (Å²) in [6.07, 6.45) is 1.37. The standard InChI is InChI=1S/C13H18N2O4S/c1-5-20-9-6-8(19-13(2,3)12(14)17)7-15-10(9)11(16)18-4/h6-7H,5H2,1-4H3,(H2,14,17). The Kier molecular flexibility index (Phi) is 5.38. The van der Waals surface area contributed by atoms with Gasteiger partial charge < -0.3 is 15.2 Å². The third-order valence-corrected chi connectivity index (χ3v) is 3.38. The molecule has 1 rings (SSSR count).